The molecule has 0 saturated heterocycles. The van der Waals surface area contributed by atoms with Crippen LogP contribution in [0.3, 0.4) is 0 Å². The molecular formula is C16H15BrClNO4S. The number of carboxylic acids is 1. The largest absolute Gasteiger partial charge is 0.481 e. The number of aryl methyl sites for hydroxylation is 1. The fourth-order valence-electron chi connectivity index (χ4n) is 2.10. The topological polar surface area (TPSA) is 74.7 Å². The molecule has 24 heavy (non-hydrogen) atoms. The minimum atomic E-state index is -3.89. The lowest BCUT2D eigenvalue weighted by Gasteiger charge is -2.24. The summed E-state index contributed by atoms with van der Waals surface area (Å²) >= 11 is 9.25. The van der Waals surface area contributed by atoms with Gasteiger partial charge in [0.25, 0.3) is 10.0 Å². The molecule has 0 fully saturated rings. The maximum absolute atomic E-state index is 12.9. The monoisotopic (exact) mass is 431 g/mol. The van der Waals surface area contributed by atoms with E-state index < -0.39 is 16.0 Å². The van der Waals surface area contributed by atoms with Crippen molar-refractivity contribution in [2.45, 2.75) is 18.2 Å². The number of halogens is 2. The van der Waals surface area contributed by atoms with Gasteiger partial charge in [0.1, 0.15) is 0 Å². The molecule has 0 aliphatic carbocycles. The highest BCUT2D eigenvalue weighted by Gasteiger charge is 2.25. The third-order valence-corrected chi connectivity index (χ3v) is 6.15. The van der Waals surface area contributed by atoms with Crippen molar-refractivity contribution in [3.05, 3.63) is 57.5 Å². The number of nitrogens with zero attached hydrogens (tertiary/aromatic N) is 1. The summed E-state index contributed by atoms with van der Waals surface area (Å²) in [4.78, 5) is 11.0. The van der Waals surface area contributed by atoms with Crippen LogP contribution < -0.4 is 4.31 Å². The molecule has 0 heterocycles. The highest BCUT2D eigenvalue weighted by atomic mass is 79.9. The Labute approximate surface area is 154 Å². The van der Waals surface area contributed by atoms with E-state index in [0.717, 1.165) is 8.78 Å². The van der Waals surface area contributed by atoms with Crippen LogP contribution in [0.4, 0.5) is 5.69 Å². The van der Waals surface area contributed by atoms with E-state index >= 15 is 0 Å². The van der Waals surface area contributed by atoms with Crippen molar-refractivity contribution in [2.75, 3.05) is 10.8 Å². The van der Waals surface area contributed by atoms with Crippen LogP contribution in [0.25, 0.3) is 0 Å². The first kappa shape index (κ1) is 18.8. The molecule has 0 radical (unpaired) electrons. The van der Waals surface area contributed by atoms with Gasteiger partial charge in [0, 0.05) is 16.0 Å². The molecule has 0 aliphatic rings. The lowest BCUT2D eigenvalue weighted by molar-refractivity contribution is -0.136. The predicted octanol–water partition coefficient (Wildman–Crippen LogP) is 4.08. The fraction of sp³-hybridized carbons (Fsp3) is 0.188. The van der Waals surface area contributed by atoms with Crippen LogP contribution in [0, 0.1) is 6.92 Å². The number of benzene rings is 2. The van der Waals surface area contributed by atoms with Crippen molar-refractivity contribution < 1.29 is 18.3 Å². The van der Waals surface area contributed by atoms with Gasteiger partial charge in [0.15, 0.2) is 0 Å². The van der Waals surface area contributed by atoms with Gasteiger partial charge >= 0.3 is 5.97 Å². The first-order valence-electron chi connectivity index (χ1n) is 6.98. The molecule has 5 nitrogen and oxygen atoms in total. The number of carbonyl (C=O) groups is 1. The molecular weight excluding hydrogens is 418 g/mol. The van der Waals surface area contributed by atoms with Crippen LogP contribution in [0.1, 0.15) is 12.0 Å². The first-order chi connectivity index (χ1) is 11.2. The van der Waals surface area contributed by atoms with Crippen molar-refractivity contribution in [1.82, 2.24) is 0 Å². The highest BCUT2D eigenvalue weighted by Crippen LogP contribution is 2.28. The molecule has 2 aromatic carbocycles. The summed E-state index contributed by atoms with van der Waals surface area (Å²) in [5, 5.41) is 9.44. The zero-order chi connectivity index (χ0) is 17.9. The Balaban J connectivity index is 2.50. The molecule has 8 heteroatoms. The number of carboxylic acid groups (broad SMARTS) is 1. The van der Waals surface area contributed by atoms with Crippen molar-refractivity contribution in [3.8, 4) is 0 Å². The molecule has 0 atom stereocenters. The Morgan fingerprint density at radius 1 is 1.21 bits per heavy atom. The van der Waals surface area contributed by atoms with Gasteiger partial charge < -0.3 is 5.11 Å². The van der Waals surface area contributed by atoms with E-state index in [1.807, 2.05) is 0 Å². The summed E-state index contributed by atoms with van der Waals surface area (Å²) in [6.07, 6.45) is -0.308. The third-order valence-electron chi connectivity index (χ3n) is 3.36. The Hall–Kier alpha value is -1.57. The second kappa shape index (κ2) is 7.55. The fourth-order valence-corrected chi connectivity index (χ4v) is 3.94. The average Bonchev–Trinajstić information content (AvgIpc) is 2.51. The van der Waals surface area contributed by atoms with Crippen LogP contribution in [-0.2, 0) is 14.8 Å². The van der Waals surface area contributed by atoms with Gasteiger partial charge in [-0.25, -0.2) is 8.42 Å². The van der Waals surface area contributed by atoms with E-state index in [-0.39, 0.29) is 17.9 Å². The predicted molar refractivity (Wildman–Crippen MR) is 97.1 cm³/mol. The molecule has 0 aromatic heterocycles. The highest BCUT2D eigenvalue weighted by molar-refractivity contribution is 9.10. The smallest absolute Gasteiger partial charge is 0.305 e. The molecule has 0 amide bonds. The van der Waals surface area contributed by atoms with E-state index in [4.69, 9.17) is 16.7 Å². The van der Waals surface area contributed by atoms with E-state index in [0.29, 0.717) is 16.3 Å². The van der Waals surface area contributed by atoms with Crippen molar-refractivity contribution >= 4 is 49.2 Å². The molecule has 0 aliphatic heterocycles. The quantitative estimate of drug-likeness (QED) is 0.746. The summed E-state index contributed by atoms with van der Waals surface area (Å²) in [6.45, 7) is 1.59. The van der Waals surface area contributed by atoms with Crippen LogP contribution in [0.5, 0.6) is 0 Å². The molecule has 0 saturated carbocycles. The molecule has 2 aromatic rings. The summed E-state index contributed by atoms with van der Waals surface area (Å²) in [6, 6.07) is 11.0. The van der Waals surface area contributed by atoms with Crippen molar-refractivity contribution in [1.29, 1.82) is 0 Å². The summed E-state index contributed by atoms with van der Waals surface area (Å²) in [5.41, 5.74) is 1.08. The number of hydrogen-bond donors (Lipinski definition) is 1. The van der Waals surface area contributed by atoms with Crippen LogP contribution in [0.2, 0.25) is 5.02 Å². The van der Waals surface area contributed by atoms with E-state index in [9.17, 15) is 13.2 Å². The van der Waals surface area contributed by atoms with Crippen LogP contribution in [0.15, 0.2) is 51.8 Å². The Bertz CT molecular complexity index is 853. The van der Waals surface area contributed by atoms with Gasteiger partial charge in [-0.1, -0.05) is 27.5 Å². The van der Waals surface area contributed by atoms with Crippen molar-refractivity contribution in [3.63, 3.8) is 0 Å². The SMILES string of the molecule is Cc1cc(N(CCC(=O)O)S(=O)(=O)c2ccc(Br)cc2)ccc1Cl. The van der Waals surface area contributed by atoms with Gasteiger partial charge in [-0.3, -0.25) is 9.10 Å². The maximum Gasteiger partial charge on any atom is 0.305 e. The normalized spacial score (nSPS) is 11.3. The van der Waals surface area contributed by atoms with Gasteiger partial charge in [-0.05, 0) is 55.0 Å². The Kier molecular flexibility index (Phi) is 5.90. The van der Waals surface area contributed by atoms with E-state index in [2.05, 4.69) is 15.9 Å². The molecule has 0 bridgehead atoms. The van der Waals surface area contributed by atoms with Crippen LogP contribution in [-0.4, -0.2) is 26.0 Å². The maximum atomic E-state index is 12.9. The lowest BCUT2D eigenvalue weighted by atomic mass is 10.2. The molecule has 1 N–H and O–H groups in total. The third kappa shape index (κ3) is 4.28. The molecule has 0 unspecified atom stereocenters. The lowest BCUT2D eigenvalue weighted by Crippen LogP contribution is -2.33. The zero-order valence-electron chi connectivity index (χ0n) is 12.7. The van der Waals surface area contributed by atoms with Gasteiger partial charge in [-0.15, -0.1) is 0 Å². The second-order valence-corrected chi connectivity index (χ2v) is 8.29. The summed E-state index contributed by atoms with van der Waals surface area (Å²) in [5.74, 6) is -1.07. The Morgan fingerprint density at radius 3 is 2.38 bits per heavy atom. The zero-order valence-corrected chi connectivity index (χ0v) is 15.9. The minimum absolute atomic E-state index is 0.0868. The number of hydrogen-bond acceptors (Lipinski definition) is 3. The van der Waals surface area contributed by atoms with E-state index in [1.165, 1.54) is 12.1 Å². The van der Waals surface area contributed by atoms with Gasteiger partial charge in [0.2, 0.25) is 0 Å². The number of sulfonamides is 1. The average molecular weight is 433 g/mol. The Morgan fingerprint density at radius 2 is 1.83 bits per heavy atom. The first-order valence-corrected chi connectivity index (χ1v) is 9.59. The van der Waals surface area contributed by atoms with Gasteiger partial charge in [0.05, 0.1) is 17.0 Å². The molecule has 128 valence electrons. The minimum Gasteiger partial charge on any atom is -0.481 e. The second-order valence-electron chi connectivity index (χ2n) is 5.11. The molecule has 2 rings (SSSR count). The van der Waals surface area contributed by atoms with Gasteiger partial charge in [-0.2, -0.15) is 0 Å². The summed E-state index contributed by atoms with van der Waals surface area (Å²) in [7, 11) is -3.89. The van der Waals surface area contributed by atoms with Crippen molar-refractivity contribution in [2.24, 2.45) is 0 Å². The standard InChI is InChI=1S/C16H15BrClNO4S/c1-11-10-13(4-7-15(11)18)19(9-8-16(20)21)24(22,23)14-5-2-12(17)3-6-14/h2-7,10H,8-9H2,1H3,(H,20,21). The summed E-state index contributed by atoms with van der Waals surface area (Å²) < 4.78 is 27.7. The number of anilines is 1. The number of rotatable bonds is 6. The number of aliphatic carboxylic acids is 1. The molecule has 0 spiro atoms. The van der Waals surface area contributed by atoms with Crippen LogP contribution >= 0.6 is 27.5 Å². The van der Waals surface area contributed by atoms with E-state index in [1.54, 1.807) is 37.3 Å².